The first-order chi connectivity index (χ1) is 7.25. The molecule has 1 atom stereocenters. The highest BCUT2D eigenvalue weighted by Gasteiger charge is 2.23. The number of nitrogens with zero attached hydrogens (tertiary/aromatic N) is 1. The van der Waals surface area contributed by atoms with Crippen molar-refractivity contribution >= 4 is 11.7 Å². The van der Waals surface area contributed by atoms with E-state index in [1.807, 2.05) is 13.0 Å². The van der Waals surface area contributed by atoms with E-state index >= 15 is 0 Å². The van der Waals surface area contributed by atoms with Crippen LogP contribution in [-0.2, 0) is 9.53 Å². The van der Waals surface area contributed by atoms with Crippen molar-refractivity contribution in [3.05, 3.63) is 23.9 Å². The van der Waals surface area contributed by atoms with E-state index in [0.29, 0.717) is 12.4 Å². The molecule has 1 amide bonds. The normalized spacial score (nSPS) is 20.2. The van der Waals surface area contributed by atoms with Crippen LogP contribution >= 0.6 is 0 Å². The van der Waals surface area contributed by atoms with Crippen molar-refractivity contribution in [1.82, 2.24) is 4.98 Å². The van der Waals surface area contributed by atoms with Crippen LogP contribution in [0, 0.1) is 6.92 Å². The summed E-state index contributed by atoms with van der Waals surface area (Å²) in [5.74, 6) is 0.491. The lowest BCUT2D eigenvalue weighted by Gasteiger charge is -2.09. The summed E-state index contributed by atoms with van der Waals surface area (Å²) in [6, 6.07) is 3.71. The zero-order valence-corrected chi connectivity index (χ0v) is 8.69. The lowest BCUT2D eigenvalue weighted by atomic mass is 10.2. The number of pyridine rings is 1. The van der Waals surface area contributed by atoms with Gasteiger partial charge in [-0.3, -0.25) is 4.79 Å². The highest BCUT2D eigenvalue weighted by molar-refractivity contribution is 5.93. The summed E-state index contributed by atoms with van der Waals surface area (Å²) in [5.41, 5.74) is 1.07. The third-order valence-corrected chi connectivity index (χ3v) is 2.38. The molecule has 1 aliphatic rings. The minimum Gasteiger partial charge on any atom is -0.368 e. The average Bonchev–Trinajstić information content (AvgIpc) is 2.74. The number of aromatic nitrogens is 1. The Morgan fingerprint density at radius 1 is 1.60 bits per heavy atom. The van der Waals surface area contributed by atoms with Crippen molar-refractivity contribution in [1.29, 1.82) is 0 Å². The molecular weight excluding hydrogens is 192 g/mol. The Morgan fingerprint density at radius 2 is 2.47 bits per heavy atom. The summed E-state index contributed by atoms with van der Waals surface area (Å²) in [6.45, 7) is 2.64. The van der Waals surface area contributed by atoms with Crippen LogP contribution in [-0.4, -0.2) is 23.6 Å². The van der Waals surface area contributed by atoms with E-state index in [0.717, 1.165) is 18.4 Å². The molecular formula is C11H14N2O2. The highest BCUT2D eigenvalue weighted by atomic mass is 16.5. The van der Waals surface area contributed by atoms with Crippen LogP contribution in [0.2, 0.25) is 0 Å². The van der Waals surface area contributed by atoms with Crippen LogP contribution < -0.4 is 5.32 Å². The number of anilines is 1. The van der Waals surface area contributed by atoms with Crippen LogP contribution in [0.1, 0.15) is 18.4 Å². The molecule has 1 aromatic rings. The molecule has 15 heavy (non-hydrogen) atoms. The highest BCUT2D eigenvalue weighted by Crippen LogP contribution is 2.14. The molecule has 0 radical (unpaired) electrons. The quantitative estimate of drug-likeness (QED) is 0.798. The monoisotopic (exact) mass is 206 g/mol. The molecule has 0 saturated carbocycles. The Morgan fingerprint density at radius 3 is 3.07 bits per heavy atom. The first kappa shape index (κ1) is 10.1. The molecule has 1 aromatic heterocycles. The van der Waals surface area contributed by atoms with E-state index < -0.39 is 0 Å². The van der Waals surface area contributed by atoms with Gasteiger partial charge < -0.3 is 10.1 Å². The smallest absolute Gasteiger partial charge is 0.254 e. The minimum atomic E-state index is -0.298. The van der Waals surface area contributed by atoms with Gasteiger partial charge in [-0.05, 0) is 31.4 Å². The largest absolute Gasteiger partial charge is 0.368 e. The van der Waals surface area contributed by atoms with Gasteiger partial charge in [0.2, 0.25) is 0 Å². The van der Waals surface area contributed by atoms with Crippen molar-refractivity contribution in [2.45, 2.75) is 25.9 Å². The Labute approximate surface area is 88.7 Å². The van der Waals surface area contributed by atoms with Gasteiger partial charge in [0.05, 0.1) is 0 Å². The fraction of sp³-hybridized carbons (Fsp3) is 0.455. The van der Waals surface area contributed by atoms with E-state index in [2.05, 4.69) is 10.3 Å². The Kier molecular flexibility index (Phi) is 2.97. The number of rotatable bonds is 2. The predicted molar refractivity (Wildman–Crippen MR) is 56.6 cm³/mol. The third kappa shape index (κ3) is 2.53. The van der Waals surface area contributed by atoms with Crippen molar-refractivity contribution in [2.75, 3.05) is 11.9 Å². The third-order valence-electron chi connectivity index (χ3n) is 2.38. The van der Waals surface area contributed by atoms with Crippen molar-refractivity contribution in [2.24, 2.45) is 0 Å². The number of ether oxygens (including phenoxy) is 1. The Bertz CT molecular complexity index is 342. The van der Waals surface area contributed by atoms with Gasteiger partial charge in [-0.15, -0.1) is 0 Å². The van der Waals surface area contributed by atoms with E-state index in [1.165, 1.54) is 0 Å². The number of aryl methyl sites for hydroxylation is 1. The number of amides is 1. The molecule has 1 aliphatic heterocycles. The summed E-state index contributed by atoms with van der Waals surface area (Å²) < 4.78 is 5.27. The fourth-order valence-corrected chi connectivity index (χ4v) is 1.53. The topological polar surface area (TPSA) is 51.2 Å². The second kappa shape index (κ2) is 4.40. The van der Waals surface area contributed by atoms with Crippen LogP contribution in [0.3, 0.4) is 0 Å². The number of hydrogen-bond donors (Lipinski definition) is 1. The van der Waals surface area contributed by atoms with Crippen molar-refractivity contribution < 1.29 is 9.53 Å². The van der Waals surface area contributed by atoms with Gasteiger partial charge in [0.25, 0.3) is 5.91 Å². The predicted octanol–water partition coefficient (Wildman–Crippen LogP) is 1.51. The maximum absolute atomic E-state index is 11.6. The van der Waals surface area contributed by atoms with E-state index in [-0.39, 0.29) is 12.0 Å². The van der Waals surface area contributed by atoms with Gasteiger partial charge >= 0.3 is 0 Å². The summed E-state index contributed by atoms with van der Waals surface area (Å²) in [7, 11) is 0. The molecule has 1 fully saturated rings. The lowest BCUT2D eigenvalue weighted by Crippen LogP contribution is -2.27. The fourth-order valence-electron chi connectivity index (χ4n) is 1.53. The molecule has 80 valence electrons. The van der Waals surface area contributed by atoms with Gasteiger partial charge in [-0.25, -0.2) is 4.98 Å². The van der Waals surface area contributed by atoms with E-state index in [1.54, 1.807) is 12.3 Å². The van der Waals surface area contributed by atoms with Gasteiger partial charge in [0, 0.05) is 12.8 Å². The van der Waals surface area contributed by atoms with E-state index in [9.17, 15) is 4.79 Å². The summed E-state index contributed by atoms with van der Waals surface area (Å²) in [5, 5.41) is 2.74. The number of nitrogens with one attached hydrogen (secondary N) is 1. The van der Waals surface area contributed by atoms with Crippen LogP contribution in [0.25, 0.3) is 0 Å². The van der Waals surface area contributed by atoms with Gasteiger partial charge in [-0.1, -0.05) is 6.07 Å². The zero-order valence-electron chi connectivity index (χ0n) is 8.69. The summed E-state index contributed by atoms with van der Waals surface area (Å²) in [6.07, 6.45) is 3.19. The minimum absolute atomic E-state index is 0.0937. The summed E-state index contributed by atoms with van der Waals surface area (Å²) >= 11 is 0. The van der Waals surface area contributed by atoms with Crippen LogP contribution in [0.15, 0.2) is 18.3 Å². The first-order valence-corrected chi connectivity index (χ1v) is 5.11. The van der Waals surface area contributed by atoms with Gasteiger partial charge in [0.1, 0.15) is 11.9 Å². The Balaban J connectivity index is 1.96. The summed E-state index contributed by atoms with van der Waals surface area (Å²) in [4.78, 5) is 15.7. The first-order valence-electron chi connectivity index (χ1n) is 5.11. The second-order valence-corrected chi connectivity index (χ2v) is 3.71. The zero-order chi connectivity index (χ0) is 10.7. The number of carbonyl (C=O) groups excluding carboxylic acids is 1. The van der Waals surface area contributed by atoms with Gasteiger partial charge in [0.15, 0.2) is 0 Å². The molecule has 0 bridgehead atoms. The number of carbonyl (C=O) groups is 1. The maximum Gasteiger partial charge on any atom is 0.254 e. The molecule has 0 aromatic carbocycles. The molecule has 2 heterocycles. The number of hydrogen-bond acceptors (Lipinski definition) is 3. The molecule has 0 aliphatic carbocycles. The molecule has 1 saturated heterocycles. The van der Waals surface area contributed by atoms with E-state index in [4.69, 9.17) is 4.74 Å². The standard InChI is InChI=1S/C11H14N2O2/c1-8-4-5-10(12-7-8)13-11(14)9-3-2-6-15-9/h4-5,7,9H,2-3,6H2,1H3,(H,12,13,14)/t9-/m0/s1. The maximum atomic E-state index is 11.6. The lowest BCUT2D eigenvalue weighted by molar-refractivity contribution is -0.124. The Hall–Kier alpha value is -1.42. The average molecular weight is 206 g/mol. The molecule has 4 nitrogen and oxygen atoms in total. The molecule has 4 heteroatoms. The second-order valence-electron chi connectivity index (χ2n) is 3.71. The van der Waals surface area contributed by atoms with Gasteiger partial charge in [-0.2, -0.15) is 0 Å². The molecule has 2 rings (SSSR count). The van der Waals surface area contributed by atoms with Crippen LogP contribution in [0.4, 0.5) is 5.82 Å². The molecule has 0 unspecified atom stereocenters. The molecule has 0 spiro atoms. The van der Waals surface area contributed by atoms with Crippen molar-refractivity contribution in [3.8, 4) is 0 Å². The SMILES string of the molecule is Cc1ccc(NC(=O)[C@@H]2CCCO2)nc1. The van der Waals surface area contributed by atoms with Crippen molar-refractivity contribution in [3.63, 3.8) is 0 Å². The van der Waals surface area contributed by atoms with Crippen LogP contribution in [0.5, 0.6) is 0 Å². The molecule has 1 N–H and O–H groups in total.